The van der Waals surface area contributed by atoms with E-state index in [0.717, 1.165) is 18.4 Å². The summed E-state index contributed by atoms with van der Waals surface area (Å²) in [6, 6.07) is 0.594. The Kier molecular flexibility index (Phi) is 7.25. The van der Waals surface area contributed by atoms with Crippen molar-refractivity contribution in [3.05, 3.63) is 0 Å². The SMILES string of the molecule is CCNC(=NCC1COCCO1)NC1CC1C.I. The van der Waals surface area contributed by atoms with Crippen LogP contribution < -0.4 is 10.6 Å². The van der Waals surface area contributed by atoms with Crippen molar-refractivity contribution >= 4 is 29.9 Å². The van der Waals surface area contributed by atoms with Crippen LogP contribution in [0, 0.1) is 5.92 Å². The fraction of sp³-hybridized carbons (Fsp3) is 0.917. The second-order valence-electron chi connectivity index (χ2n) is 4.75. The van der Waals surface area contributed by atoms with Gasteiger partial charge in [0.15, 0.2) is 5.96 Å². The number of nitrogens with zero attached hydrogens (tertiary/aromatic N) is 1. The number of nitrogens with one attached hydrogen (secondary N) is 2. The molecule has 5 nitrogen and oxygen atoms in total. The first-order chi connectivity index (χ1) is 8.29. The number of hydrogen-bond donors (Lipinski definition) is 2. The topological polar surface area (TPSA) is 54.9 Å². The fourth-order valence-corrected chi connectivity index (χ4v) is 1.85. The first kappa shape index (κ1) is 16.0. The Labute approximate surface area is 126 Å². The lowest BCUT2D eigenvalue weighted by Gasteiger charge is -2.21. The van der Waals surface area contributed by atoms with Gasteiger partial charge in [0.05, 0.1) is 26.4 Å². The van der Waals surface area contributed by atoms with Crippen molar-refractivity contribution in [2.24, 2.45) is 10.9 Å². The van der Waals surface area contributed by atoms with Gasteiger partial charge in [0.1, 0.15) is 6.10 Å². The molecule has 0 bridgehead atoms. The zero-order chi connectivity index (χ0) is 12.1. The molecule has 1 aliphatic heterocycles. The molecule has 18 heavy (non-hydrogen) atoms. The molecule has 3 atom stereocenters. The summed E-state index contributed by atoms with van der Waals surface area (Å²) in [5.41, 5.74) is 0. The smallest absolute Gasteiger partial charge is 0.191 e. The van der Waals surface area contributed by atoms with Crippen LogP contribution in [0.1, 0.15) is 20.3 Å². The Morgan fingerprint density at radius 1 is 1.39 bits per heavy atom. The van der Waals surface area contributed by atoms with Gasteiger partial charge in [-0.25, -0.2) is 0 Å². The van der Waals surface area contributed by atoms with Crippen molar-refractivity contribution in [1.82, 2.24) is 10.6 Å². The summed E-state index contributed by atoms with van der Waals surface area (Å²) in [6.07, 6.45) is 1.35. The Morgan fingerprint density at radius 3 is 2.72 bits per heavy atom. The molecule has 2 N–H and O–H groups in total. The first-order valence-electron chi connectivity index (χ1n) is 6.53. The van der Waals surface area contributed by atoms with E-state index in [1.54, 1.807) is 0 Å². The van der Waals surface area contributed by atoms with Crippen molar-refractivity contribution in [1.29, 1.82) is 0 Å². The molecular formula is C12H24IN3O2. The normalized spacial score (nSPS) is 31.4. The molecule has 2 rings (SSSR count). The molecular weight excluding hydrogens is 345 g/mol. The third-order valence-corrected chi connectivity index (χ3v) is 3.11. The van der Waals surface area contributed by atoms with Gasteiger partial charge < -0.3 is 20.1 Å². The molecule has 106 valence electrons. The van der Waals surface area contributed by atoms with E-state index >= 15 is 0 Å². The third kappa shape index (κ3) is 5.27. The van der Waals surface area contributed by atoms with E-state index in [-0.39, 0.29) is 30.1 Å². The first-order valence-corrected chi connectivity index (χ1v) is 6.53. The van der Waals surface area contributed by atoms with Gasteiger partial charge in [-0.05, 0) is 19.3 Å². The van der Waals surface area contributed by atoms with Crippen LogP contribution in [0.3, 0.4) is 0 Å². The van der Waals surface area contributed by atoms with Gasteiger partial charge in [-0.1, -0.05) is 6.92 Å². The minimum atomic E-state index is 0. The fourth-order valence-electron chi connectivity index (χ4n) is 1.85. The zero-order valence-corrected chi connectivity index (χ0v) is 13.5. The molecule has 0 aromatic heterocycles. The van der Waals surface area contributed by atoms with Crippen molar-refractivity contribution in [2.75, 3.05) is 32.9 Å². The van der Waals surface area contributed by atoms with Crippen LogP contribution in [0.5, 0.6) is 0 Å². The minimum Gasteiger partial charge on any atom is -0.376 e. The quantitative estimate of drug-likeness (QED) is 0.441. The molecule has 1 saturated heterocycles. The van der Waals surface area contributed by atoms with Gasteiger partial charge in [0.2, 0.25) is 0 Å². The van der Waals surface area contributed by atoms with E-state index in [1.807, 2.05) is 0 Å². The van der Waals surface area contributed by atoms with Gasteiger partial charge in [0, 0.05) is 12.6 Å². The standard InChI is InChI=1S/C12H23N3O2.HI/c1-3-13-12(15-11-6-9(11)2)14-7-10-8-16-4-5-17-10;/h9-11H,3-8H2,1-2H3,(H2,13,14,15);1H. The Balaban J connectivity index is 0.00000162. The number of halogens is 1. The third-order valence-electron chi connectivity index (χ3n) is 3.11. The zero-order valence-electron chi connectivity index (χ0n) is 11.1. The molecule has 2 aliphatic rings. The summed E-state index contributed by atoms with van der Waals surface area (Å²) in [5, 5.41) is 6.68. The number of rotatable bonds is 4. The predicted molar refractivity (Wildman–Crippen MR) is 82.7 cm³/mol. The van der Waals surface area contributed by atoms with Crippen molar-refractivity contribution in [2.45, 2.75) is 32.4 Å². The highest BCUT2D eigenvalue weighted by Gasteiger charge is 2.33. The van der Waals surface area contributed by atoms with Crippen molar-refractivity contribution in [3.8, 4) is 0 Å². The monoisotopic (exact) mass is 369 g/mol. The largest absolute Gasteiger partial charge is 0.376 e. The predicted octanol–water partition coefficient (Wildman–Crippen LogP) is 0.983. The number of ether oxygens (including phenoxy) is 2. The van der Waals surface area contributed by atoms with E-state index in [2.05, 4.69) is 29.5 Å². The Bertz CT molecular complexity index is 270. The minimum absolute atomic E-state index is 0. The molecule has 1 saturated carbocycles. The summed E-state index contributed by atoms with van der Waals surface area (Å²) in [6.45, 7) is 7.92. The summed E-state index contributed by atoms with van der Waals surface area (Å²) >= 11 is 0. The van der Waals surface area contributed by atoms with Crippen LogP contribution in [0.4, 0.5) is 0 Å². The number of aliphatic imine (C=N–C) groups is 1. The van der Waals surface area contributed by atoms with Gasteiger partial charge in [-0.3, -0.25) is 4.99 Å². The maximum absolute atomic E-state index is 5.56. The van der Waals surface area contributed by atoms with Crippen LogP contribution in [0.2, 0.25) is 0 Å². The lowest BCUT2D eigenvalue weighted by Crippen LogP contribution is -2.40. The maximum atomic E-state index is 5.56. The van der Waals surface area contributed by atoms with Crippen LogP contribution in [-0.4, -0.2) is 51.0 Å². The Hall–Kier alpha value is -0.0800. The maximum Gasteiger partial charge on any atom is 0.191 e. The average molecular weight is 369 g/mol. The van der Waals surface area contributed by atoms with E-state index in [9.17, 15) is 0 Å². The molecule has 0 amide bonds. The highest BCUT2D eigenvalue weighted by Crippen LogP contribution is 2.28. The van der Waals surface area contributed by atoms with Crippen molar-refractivity contribution < 1.29 is 9.47 Å². The second-order valence-corrected chi connectivity index (χ2v) is 4.75. The highest BCUT2D eigenvalue weighted by atomic mass is 127. The van der Waals surface area contributed by atoms with E-state index in [4.69, 9.17) is 9.47 Å². The van der Waals surface area contributed by atoms with Crippen LogP contribution >= 0.6 is 24.0 Å². The van der Waals surface area contributed by atoms with E-state index in [1.165, 1.54) is 6.42 Å². The molecule has 0 aromatic rings. The molecule has 2 fully saturated rings. The lowest BCUT2D eigenvalue weighted by atomic mass is 10.3. The van der Waals surface area contributed by atoms with E-state index < -0.39 is 0 Å². The van der Waals surface area contributed by atoms with Gasteiger partial charge in [-0.2, -0.15) is 0 Å². The average Bonchev–Trinajstić information content (AvgIpc) is 3.04. The molecule has 1 aliphatic carbocycles. The van der Waals surface area contributed by atoms with Crippen LogP contribution in [0.25, 0.3) is 0 Å². The molecule has 0 radical (unpaired) electrons. The van der Waals surface area contributed by atoms with Crippen molar-refractivity contribution in [3.63, 3.8) is 0 Å². The molecule has 6 heteroatoms. The number of guanidine groups is 1. The number of hydrogen-bond acceptors (Lipinski definition) is 3. The molecule has 0 spiro atoms. The Morgan fingerprint density at radius 2 is 2.17 bits per heavy atom. The summed E-state index contributed by atoms with van der Waals surface area (Å²) < 4.78 is 10.9. The lowest BCUT2D eigenvalue weighted by molar-refractivity contribution is -0.0832. The summed E-state index contributed by atoms with van der Waals surface area (Å²) in [7, 11) is 0. The van der Waals surface area contributed by atoms with Crippen LogP contribution in [0.15, 0.2) is 4.99 Å². The second kappa shape index (κ2) is 8.16. The molecule has 1 heterocycles. The molecule has 0 aromatic carbocycles. The van der Waals surface area contributed by atoms with Gasteiger partial charge in [0.25, 0.3) is 0 Å². The van der Waals surface area contributed by atoms with Gasteiger partial charge >= 0.3 is 0 Å². The van der Waals surface area contributed by atoms with Gasteiger partial charge in [-0.15, -0.1) is 24.0 Å². The summed E-state index contributed by atoms with van der Waals surface area (Å²) in [4.78, 5) is 4.54. The van der Waals surface area contributed by atoms with E-state index in [0.29, 0.717) is 32.4 Å². The van der Waals surface area contributed by atoms with Crippen LogP contribution in [-0.2, 0) is 9.47 Å². The molecule has 3 unspecified atom stereocenters. The highest BCUT2D eigenvalue weighted by molar-refractivity contribution is 14.0. The summed E-state index contributed by atoms with van der Waals surface area (Å²) in [5.74, 6) is 1.67.